The molecule has 2 N–H and O–H groups in total. The van der Waals surface area contributed by atoms with Crippen LogP contribution in [0, 0.1) is 0 Å². The molecular formula is C11H16O9S2. The second-order valence-corrected chi connectivity index (χ2v) is 7.59. The first-order valence-corrected chi connectivity index (χ1v) is 9.47. The van der Waals surface area contributed by atoms with Gasteiger partial charge in [0.2, 0.25) is 5.75 Å². The predicted octanol–water partition coefficient (Wildman–Crippen LogP) is -0.202. The molecule has 1 aromatic carbocycles. The van der Waals surface area contributed by atoms with Crippen molar-refractivity contribution in [3.63, 3.8) is 0 Å². The van der Waals surface area contributed by atoms with Crippen LogP contribution in [0.1, 0.15) is 0 Å². The molecule has 0 aliphatic rings. The highest BCUT2D eigenvalue weighted by Crippen LogP contribution is 2.35. The summed E-state index contributed by atoms with van der Waals surface area (Å²) in [4.78, 5) is 0. The van der Waals surface area contributed by atoms with Gasteiger partial charge in [0.1, 0.15) is 12.7 Å². The third kappa shape index (κ3) is 6.93. The van der Waals surface area contributed by atoms with Crippen molar-refractivity contribution in [1.82, 2.24) is 0 Å². The maximum absolute atomic E-state index is 11.1. The SMILES string of the molecule is CS(=O)(=O)OC[C@H](COc1c(O)cccc1O)OS(C)(=O)=O. The molecule has 0 aromatic heterocycles. The molecule has 0 fully saturated rings. The highest BCUT2D eigenvalue weighted by atomic mass is 32.2. The van der Waals surface area contributed by atoms with Crippen molar-refractivity contribution in [2.75, 3.05) is 25.7 Å². The van der Waals surface area contributed by atoms with Crippen molar-refractivity contribution in [3.8, 4) is 17.2 Å². The zero-order valence-corrected chi connectivity index (χ0v) is 13.4. The van der Waals surface area contributed by atoms with Crippen LogP contribution in [0.25, 0.3) is 0 Å². The molecule has 0 amide bonds. The van der Waals surface area contributed by atoms with E-state index in [2.05, 4.69) is 8.37 Å². The van der Waals surface area contributed by atoms with Crippen LogP contribution in [0.4, 0.5) is 0 Å². The van der Waals surface area contributed by atoms with Gasteiger partial charge in [0.25, 0.3) is 20.2 Å². The lowest BCUT2D eigenvalue weighted by atomic mass is 10.3. The van der Waals surface area contributed by atoms with Gasteiger partial charge in [-0.15, -0.1) is 0 Å². The lowest BCUT2D eigenvalue weighted by Crippen LogP contribution is -2.30. The Labute approximate surface area is 128 Å². The van der Waals surface area contributed by atoms with E-state index >= 15 is 0 Å². The molecule has 0 unspecified atom stereocenters. The van der Waals surface area contributed by atoms with Crippen LogP contribution in [0.2, 0.25) is 0 Å². The van der Waals surface area contributed by atoms with Gasteiger partial charge in [-0.3, -0.25) is 8.37 Å². The smallest absolute Gasteiger partial charge is 0.264 e. The number of aromatic hydroxyl groups is 2. The Hall–Kier alpha value is -1.56. The molecular weight excluding hydrogens is 340 g/mol. The van der Waals surface area contributed by atoms with Gasteiger partial charge in [-0.1, -0.05) is 6.07 Å². The summed E-state index contributed by atoms with van der Waals surface area (Å²) in [6.45, 7) is -1.09. The van der Waals surface area contributed by atoms with Crippen molar-refractivity contribution in [3.05, 3.63) is 18.2 Å². The molecule has 1 rings (SSSR count). The molecule has 9 nitrogen and oxygen atoms in total. The van der Waals surface area contributed by atoms with E-state index in [-0.39, 0.29) is 17.2 Å². The summed E-state index contributed by atoms with van der Waals surface area (Å²) < 4.78 is 58.3. The molecule has 1 atom stereocenters. The summed E-state index contributed by atoms with van der Waals surface area (Å²) in [5.74, 6) is -1.03. The van der Waals surface area contributed by atoms with Crippen molar-refractivity contribution in [2.24, 2.45) is 0 Å². The Morgan fingerprint density at radius 3 is 2.00 bits per heavy atom. The zero-order chi connectivity index (χ0) is 17.0. The van der Waals surface area contributed by atoms with E-state index in [4.69, 9.17) is 4.74 Å². The number of para-hydroxylation sites is 1. The molecule has 0 heterocycles. The quantitative estimate of drug-likeness (QED) is 0.606. The minimum atomic E-state index is -3.90. The summed E-state index contributed by atoms with van der Waals surface area (Å²) in [6, 6.07) is 3.86. The first-order valence-electron chi connectivity index (χ1n) is 5.84. The van der Waals surface area contributed by atoms with Crippen molar-refractivity contribution >= 4 is 20.2 Å². The van der Waals surface area contributed by atoms with Crippen LogP contribution in [-0.2, 0) is 28.6 Å². The number of hydrogen-bond acceptors (Lipinski definition) is 9. The van der Waals surface area contributed by atoms with E-state index in [9.17, 15) is 27.0 Å². The topological polar surface area (TPSA) is 136 Å². The molecule has 126 valence electrons. The molecule has 0 aliphatic carbocycles. The molecule has 11 heteroatoms. The maximum Gasteiger partial charge on any atom is 0.264 e. The fourth-order valence-corrected chi connectivity index (χ4v) is 2.39. The number of benzene rings is 1. The molecule has 1 aromatic rings. The Morgan fingerprint density at radius 1 is 1.00 bits per heavy atom. The first kappa shape index (κ1) is 18.5. The van der Waals surface area contributed by atoms with Crippen LogP contribution in [0.5, 0.6) is 17.2 Å². The highest BCUT2D eigenvalue weighted by molar-refractivity contribution is 7.86. The highest BCUT2D eigenvalue weighted by Gasteiger charge is 2.21. The normalized spacial score (nSPS) is 13.7. The average Bonchev–Trinajstić information content (AvgIpc) is 2.32. The standard InChI is InChI=1S/C11H16O9S2/c1-21(14,15)19-7-8(20-22(2,16)17)6-18-11-9(12)4-3-5-10(11)13/h3-5,8,12-13H,6-7H2,1-2H3/t8-/m0/s1. The molecule has 22 heavy (non-hydrogen) atoms. The number of ether oxygens (including phenoxy) is 1. The fourth-order valence-electron chi connectivity index (χ4n) is 1.39. The zero-order valence-electron chi connectivity index (χ0n) is 11.8. The second kappa shape index (κ2) is 7.13. The van der Waals surface area contributed by atoms with E-state index in [0.29, 0.717) is 0 Å². The fraction of sp³-hybridized carbons (Fsp3) is 0.455. The summed E-state index contributed by atoms with van der Waals surface area (Å²) in [7, 11) is -7.70. The minimum absolute atomic E-state index is 0.288. The average molecular weight is 356 g/mol. The van der Waals surface area contributed by atoms with Crippen LogP contribution in [-0.4, -0.2) is 58.9 Å². The van der Waals surface area contributed by atoms with Gasteiger partial charge in [-0.2, -0.15) is 16.8 Å². The van der Waals surface area contributed by atoms with Gasteiger partial charge in [0.05, 0.1) is 19.1 Å². The van der Waals surface area contributed by atoms with Gasteiger partial charge in [0.15, 0.2) is 11.5 Å². The molecule has 0 aliphatic heterocycles. The van der Waals surface area contributed by atoms with Gasteiger partial charge in [-0.05, 0) is 12.1 Å². The number of phenols is 2. The summed E-state index contributed by atoms with van der Waals surface area (Å²) in [5, 5.41) is 19.0. The molecule has 0 saturated carbocycles. The van der Waals surface area contributed by atoms with Crippen LogP contribution >= 0.6 is 0 Å². The Kier molecular flexibility index (Phi) is 6.00. The second-order valence-electron chi connectivity index (χ2n) is 4.35. The van der Waals surface area contributed by atoms with Crippen molar-refractivity contribution in [2.45, 2.75) is 6.10 Å². The van der Waals surface area contributed by atoms with Gasteiger partial charge in [-0.25, -0.2) is 0 Å². The third-order valence-electron chi connectivity index (χ3n) is 2.17. The lowest BCUT2D eigenvalue weighted by Gasteiger charge is -2.17. The summed E-state index contributed by atoms with van der Waals surface area (Å²) >= 11 is 0. The van der Waals surface area contributed by atoms with E-state index in [1.807, 2.05) is 0 Å². The van der Waals surface area contributed by atoms with Crippen LogP contribution in [0.15, 0.2) is 18.2 Å². The molecule has 0 bridgehead atoms. The Bertz CT molecular complexity index is 689. The monoisotopic (exact) mass is 356 g/mol. The van der Waals surface area contributed by atoms with E-state index in [0.717, 1.165) is 12.5 Å². The molecule has 0 radical (unpaired) electrons. The van der Waals surface area contributed by atoms with E-state index in [1.54, 1.807) is 0 Å². The van der Waals surface area contributed by atoms with Crippen molar-refractivity contribution in [1.29, 1.82) is 0 Å². The van der Waals surface area contributed by atoms with E-state index in [1.165, 1.54) is 18.2 Å². The van der Waals surface area contributed by atoms with E-state index < -0.39 is 39.6 Å². The molecule has 0 spiro atoms. The van der Waals surface area contributed by atoms with Crippen LogP contribution in [0.3, 0.4) is 0 Å². The number of phenolic OH excluding ortho intramolecular Hbond substituents is 2. The number of rotatable bonds is 8. The summed E-state index contributed by atoms with van der Waals surface area (Å²) in [6.07, 6.45) is 0.279. The van der Waals surface area contributed by atoms with Gasteiger partial charge < -0.3 is 14.9 Å². The summed E-state index contributed by atoms with van der Waals surface area (Å²) in [5.41, 5.74) is 0. The molecule has 0 saturated heterocycles. The van der Waals surface area contributed by atoms with Gasteiger partial charge >= 0.3 is 0 Å². The largest absolute Gasteiger partial charge is 0.504 e. The van der Waals surface area contributed by atoms with Gasteiger partial charge in [0, 0.05) is 0 Å². The third-order valence-corrected chi connectivity index (χ3v) is 3.35. The maximum atomic E-state index is 11.1. The first-order chi connectivity index (χ1) is 9.98. The minimum Gasteiger partial charge on any atom is -0.504 e. The van der Waals surface area contributed by atoms with Crippen molar-refractivity contribution < 1.29 is 40.2 Å². The predicted molar refractivity (Wildman–Crippen MR) is 75.8 cm³/mol. The Morgan fingerprint density at radius 2 is 1.55 bits per heavy atom. The Balaban J connectivity index is 2.80. The number of hydrogen-bond donors (Lipinski definition) is 2. The lowest BCUT2D eigenvalue weighted by molar-refractivity contribution is 0.0872. The van der Waals surface area contributed by atoms with Crippen LogP contribution < -0.4 is 4.74 Å².